The second-order valence-corrected chi connectivity index (χ2v) is 4.96. The summed E-state index contributed by atoms with van der Waals surface area (Å²) in [6, 6.07) is 2.28. The van der Waals surface area contributed by atoms with Crippen molar-refractivity contribution in [3.63, 3.8) is 0 Å². The SMILES string of the molecule is CNC(=O)[C@H](CNC(C)C)c1ccc(C(F)(F)F)cc1F. The summed E-state index contributed by atoms with van der Waals surface area (Å²) in [7, 11) is 1.40. The predicted molar refractivity (Wildman–Crippen MR) is 71.3 cm³/mol. The molecule has 0 heterocycles. The maximum absolute atomic E-state index is 13.9. The molecule has 0 fully saturated rings. The van der Waals surface area contributed by atoms with Crippen LogP contribution in [0.1, 0.15) is 30.9 Å². The van der Waals surface area contributed by atoms with E-state index >= 15 is 0 Å². The molecule has 0 unspecified atom stereocenters. The number of alkyl halides is 3. The minimum absolute atomic E-state index is 0.0597. The third-order valence-electron chi connectivity index (χ3n) is 3.00. The number of hydrogen-bond acceptors (Lipinski definition) is 2. The number of benzene rings is 1. The third kappa shape index (κ3) is 4.70. The van der Waals surface area contributed by atoms with E-state index in [9.17, 15) is 22.4 Å². The van der Waals surface area contributed by atoms with Gasteiger partial charge in [0.1, 0.15) is 5.82 Å². The maximum Gasteiger partial charge on any atom is 0.416 e. The number of hydrogen-bond donors (Lipinski definition) is 2. The van der Waals surface area contributed by atoms with Crippen molar-refractivity contribution in [3.05, 3.63) is 35.1 Å². The molecule has 0 saturated carbocycles. The topological polar surface area (TPSA) is 41.1 Å². The van der Waals surface area contributed by atoms with E-state index in [2.05, 4.69) is 10.6 Å². The molecule has 0 spiro atoms. The highest BCUT2D eigenvalue weighted by Gasteiger charge is 2.32. The van der Waals surface area contributed by atoms with Gasteiger partial charge in [-0.3, -0.25) is 4.79 Å². The van der Waals surface area contributed by atoms with E-state index in [-0.39, 0.29) is 18.2 Å². The molecule has 1 rings (SSSR count). The van der Waals surface area contributed by atoms with E-state index in [0.29, 0.717) is 6.07 Å². The summed E-state index contributed by atoms with van der Waals surface area (Å²) in [6.45, 7) is 3.84. The lowest BCUT2D eigenvalue weighted by molar-refractivity contribution is -0.137. The van der Waals surface area contributed by atoms with Crippen LogP contribution in [0.2, 0.25) is 0 Å². The van der Waals surface area contributed by atoms with Crippen LogP contribution < -0.4 is 10.6 Å². The number of carbonyl (C=O) groups is 1. The summed E-state index contributed by atoms with van der Waals surface area (Å²) < 4.78 is 51.5. The molecule has 0 radical (unpaired) electrons. The first-order valence-electron chi connectivity index (χ1n) is 6.48. The largest absolute Gasteiger partial charge is 0.416 e. The van der Waals surface area contributed by atoms with Crippen LogP contribution in [0.4, 0.5) is 17.6 Å². The van der Waals surface area contributed by atoms with Gasteiger partial charge in [0, 0.05) is 25.2 Å². The van der Waals surface area contributed by atoms with E-state index < -0.39 is 29.4 Å². The Bertz CT molecular complexity index is 500. The van der Waals surface area contributed by atoms with Gasteiger partial charge in [-0.1, -0.05) is 19.9 Å². The highest BCUT2D eigenvalue weighted by atomic mass is 19.4. The maximum atomic E-state index is 13.9. The molecule has 3 nitrogen and oxygen atoms in total. The van der Waals surface area contributed by atoms with Gasteiger partial charge in [-0.25, -0.2) is 4.39 Å². The molecule has 1 aromatic rings. The Morgan fingerprint density at radius 2 is 1.90 bits per heavy atom. The Morgan fingerprint density at radius 3 is 2.33 bits per heavy atom. The number of amides is 1. The second kappa shape index (κ2) is 6.89. The molecule has 1 aromatic carbocycles. The Labute approximate surface area is 120 Å². The van der Waals surface area contributed by atoms with Crippen molar-refractivity contribution in [2.45, 2.75) is 32.0 Å². The van der Waals surface area contributed by atoms with Gasteiger partial charge >= 0.3 is 6.18 Å². The monoisotopic (exact) mass is 306 g/mol. The van der Waals surface area contributed by atoms with Crippen molar-refractivity contribution in [1.82, 2.24) is 10.6 Å². The van der Waals surface area contributed by atoms with E-state index in [4.69, 9.17) is 0 Å². The molecule has 0 bridgehead atoms. The van der Waals surface area contributed by atoms with Gasteiger partial charge in [0.05, 0.1) is 11.5 Å². The van der Waals surface area contributed by atoms with Gasteiger partial charge in [-0.05, 0) is 12.1 Å². The van der Waals surface area contributed by atoms with Crippen molar-refractivity contribution in [3.8, 4) is 0 Å². The smallest absolute Gasteiger partial charge is 0.359 e. The number of halogens is 4. The molecule has 7 heteroatoms. The van der Waals surface area contributed by atoms with Crippen molar-refractivity contribution in [2.75, 3.05) is 13.6 Å². The highest BCUT2D eigenvalue weighted by Crippen LogP contribution is 2.31. The lowest BCUT2D eigenvalue weighted by atomic mass is 9.95. The van der Waals surface area contributed by atoms with E-state index in [0.717, 1.165) is 12.1 Å². The van der Waals surface area contributed by atoms with Gasteiger partial charge in [-0.2, -0.15) is 13.2 Å². The van der Waals surface area contributed by atoms with Crippen molar-refractivity contribution in [2.24, 2.45) is 0 Å². The van der Waals surface area contributed by atoms with Crippen molar-refractivity contribution >= 4 is 5.91 Å². The zero-order chi connectivity index (χ0) is 16.2. The lowest BCUT2D eigenvalue weighted by Gasteiger charge is -2.19. The first kappa shape index (κ1) is 17.4. The fourth-order valence-corrected chi connectivity index (χ4v) is 1.86. The fraction of sp³-hybridized carbons (Fsp3) is 0.500. The second-order valence-electron chi connectivity index (χ2n) is 4.96. The van der Waals surface area contributed by atoms with Gasteiger partial charge < -0.3 is 10.6 Å². The van der Waals surface area contributed by atoms with Crippen LogP contribution in [0.3, 0.4) is 0 Å². The molecule has 21 heavy (non-hydrogen) atoms. The Balaban J connectivity index is 3.10. The molecule has 2 N–H and O–H groups in total. The predicted octanol–water partition coefficient (Wildman–Crippen LogP) is 2.67. The highest BCUT2D eigenvalue weighted by molar-refractivity contribution is 5.83. The van der Waals surface area contributed by atoms with E-state index in [1.54, 1.807) is 0 Å². The van der Waals surface area contributed by atoms with Crippen molar-refractivity contribution < 1.29 is 22.4 Å². The summed E-state index contributed by atoms with van der Waals surface area (Å²) in [6.07, 6.45) is -4.61. The van der Waals surface area contributed by atoms with Crippen LogP contribution >= 0.6 is 0 Å². The lowest BCUT2D eigenvalue weighted by Crippen LogP contribution is -2.36. The van der Waals surface area contributed by atoms with Gasteiger partial charge in [-0.15, -0.1) is 0 Å². The van der Waals surface area contributed by atoms with E-state index in [1.165, 1.54) is 7.05 Å². The summed E-state index contributed by atoms with van der Waals surface area (Å²) in [5, 5.41) is 5.37. The zero-order valence-corrected chi connectivity index (χ0v) is 12.0. The number of carbonyl (C=O) groups excluding carboxylic acids is 1. The summed E-state index contributed by atoms with van der Waals surface area (Å²) in [5.74, 6) is -2.38. The Hall–Kier alpha value is -1.63. The van der Waals surface area contributed by atoms with Crippen LogP contribution in [0.5, 0.6) is 0 Å². The molecular weight excluding hydrogens is 288 g/mol. The molecule has 1 atom stereocenters. The standard InChI is InChI=1S/C14H18F4N2O/c1-8(2)20-7-11(13(21)19-3)10-5-4-9(6-12(10)15)14(16,17)18/h4-6,8,11,20H,7H2,1-3H3,(H,19,21)/t11-/m1/s1. The van der Waals surface area contributed by atoms with Crippen LogP contribution in [0.15, 0.2) is 18.2 Å². The minimum atomic E-state index is -4.61. The average Bonchev–Trinajstić information content (AvgIpc) is 2.38. The fourth-order valence-electron chi connectivity index (χ4n) is 1.86. The first-order chi connectivity index (χ1) is 9.66. The van der Waals surface area contributed by atoms with Gasteiger partial charge in [0.15, 0.2) is 0 Å². The van der Waals surface area contributed by atoms with Crippen molar-refractivity contribution in [1.29, 1.82) is 0 Å². The van der Waals surface area contributed by atoms with Gasteiger partial charge in [0.25, 0.3) is 0 Å². The minimum Gasteiger partial charge on any atom is -0.359 e. The molecule has 118 valence electrons. The summed E-state index contributed by atoms with van der Waals surface area (Å²) >= 11 is 0. The average molecular weight is 306 g/mol. The first-order valence-corrected chi connectivity index (χ1v) is 6.48. The molecule has 0 aromatic heterocycles. The Morgan fingerprint density at radius 1 is 1.29 bits per heavy atom. The normalized spacial score (nSPS) is 13.3. The molecule has 0 aliphatic rings. The molecule has 0 saturated heterocycles. The summed E-state index contributed by atoms with van der Waals surface area (Å²) in [5.41, 5.74) is -1.13. The number of likely N-dealkylation sites (N-methyl/N-ethyl adjacent to an activating group) is 1. The van der Waals surface area contributed by atoms with Crippen LogP contribution in [-0.2, 0) is 11.0 Å². The summed E-state index contributed by atoms with van der Waals surface area (Å²) in [4.78, 5) is 11.8. The van der Waals surface area contributed by atoms with Crippen LogP contribution in [0, 0.1) is 5.82 Å². The zero-order valence-electron chi connectivity index (χ0n) is 12.0. The van der Waals surface area contributed by atoms with Crippen LogP contribution in [0.25, 0.3) is 0 Å². The van der Waals surface area contributed by atoms with Crippen LogP contribution in [-0.4, -0.2) is 25.5 Å². The number of nitrogens with one attached hydrogen (secondary N) is 2. The van der Waals surface area contributed by atoms with E-state index in [1.807, 2.05) is 13.8 Å². The number of rotatable bonds is 5. The molecular formula is C14H18F4N2O. The van der Waals surface area contributed by atoms with Gasteiger partial charge in [0.2, 0.25) is 5.91 Å². The third-order valence-corrected chi connectivity index (χ3v) is 3.00. The molecule has 0 aliphatic heterocycles. The Kier molecular flexibility index (Phi) is 5.71. The molecule has 1 amide bonds. The molecule has 0 aliphatic carbocycles. The quantitative estimate of drug-likeness (QED) is 0.821.